The van der Waals surface area contributed by atoms with Crippen LogP contribution in [0.3, 0.4) is 0 Å². The SMILES string of the molecule is O=C(O)c1cc(F)cc(Br)c1NC(=O)C(F)(F)F. The van der Waals surface area contributed by atoms with Crippen LogP contribution in [0.15, 0.2) is 16.6 Å². The highest BCUT2D eigenvalue weighted by Gasteiger charge is 2.39. The van der Waals surface area contributed by atoms with Gasteiger partial charge in [0, 0.05) is 4.47 Å². The second-order valence-electron chi connectivity index (χ2n) is 3.07. The molecule has 0 fully saturated rings. The van der Waals surface area contributed by atoms with Crippen LogP contribution in [-0.4, -0.2) is 23.2 Å². The van der Waals surface area contributed by atoms with Gasteiger partial charge in [-0.3, -0.25) is 4.79 Å². The molecular weight excluding hydrogens is 326 g/mol. The Hall–Kier alpha value is -1.64. The quantitative estimate of drug-likeness (QED) is 0.820. The number of amides is 1. The van der Waals surface area contributed by atoms with Crippen LogP contribution in [0.4, 0.5) is 23.2 Å². The van der Waals surface area contributed by atoms with Crippen molar-refractivity contribution in [1.29, 1.82) is 0 Å². The van der Waals surface area contributed by atoms with E-state index in [0.29, 0.717) is 6.07 Å². The summed E-state index contributed by atoms with van der Waals surface area (Å²) in [6.45, 7) is 0. The van der Waals surface area contributed by atoms with Crippen molar-refractivity contribution in [2.45, 2.75) is 6.18 Å². The first-order valence-corrected chi connectivity index (χ1v) is 5.02. The molecule has 1 aromatic carbocycles. The first-order valence-electron chi connectivity index (χ1n) is 4.23. The van der Waals surface area contributed by atoms with Crippen LogP contribution in [0.2, 0.25) is 0 Å². The van der Waals surface area contributed by atoms with E-state index in [1.165, 1.54) is 5.32 Å². The largest absolute Gasteiger partial charge is 0.478 e. The Kier molecular flexibility index (Phi) is 3.95. The molecule has 0 bridgehead atoms. The number of nitrogens with one attached hydrogen (secondary N) is 1. The molecule has 1 rings (SSSR count). The maximum Gasteiger partial charge on any atom is 0.471 e. The summed E-state index contributed by atoms with van der Waals surface area (Å²) in [4.78, 5) is 21.4. The molecule has 0 atom stereocenters. The van der Waals surface area contributed by atoms with Gasteiger partial charge in [-0.15, -0.1) is 0 Å². The molecular formula is C9H4BrF4NO3. The first kappa shape index (κ1) is 14.4. The lowest BCUT2D eigenvalue weighted by Gasteiger charge is -2.12. The van der Waals surface area contributed by atoms with E-state index in [-0.39, 0.29) is 4.47 Å². The molecule has 4 nitrogen and oxygen atoms in total. The highest BCUT2D eigenvalue weighted by Crippen LogP contribution is 2.29. The Morgan fingerprint density at radius 1 is 1.28 bits per heavy atom. The van der Waals surface area contributed by atoms with E-state index in [4.69, 9.17) is 5.11 Å². The Morgan fingerprint density at radius 3 is 2.28 bits per heavy atom. The van der Waals surface area contributed by atoms with Gasteiger partial charge in [0.1, 0.15) is 5.82 Å². The van der Waals surface area contributed by atoms with E-state index in [2.05, 4.69) is 15.9 Å². The van der Waals surface area contributed by atoms with Crippen LogP contribution in [0.1, 0.15) is 10.4 Å². The van der Waals surface area contributed by atoms with E-state index in [1.54, 1.807) is 0 Å². The number of hydrogen-bond donors (Lipinski definition) is 2. The van der Waals surface area contributed by atoms with Crippen molar-refractivity contribution < 1.29 is 32.3 Å². The fourth-order valence-corrected chi connectivity index (χ4v) is 1.59. The van der Waals surface area contributed by atoms with Crippen molar-refractivity contribution in [3.05, 3.63) is 28.0 Å². The van der Waals surface area contributed by atoms with Gasteiger partial charge in [0.05, 0.1) is 11.3 Å². The van der Waals surface area contributed by atoms with Gasteiger partial charge >= 0.3 is 18.1 Å². The predicted octanol–water partition coefficient (Wildman–Crippen LogP) is 2.79. The van der Waals surface area contributed by atoms with Gasteiger partial charge in [-0.05, 0) is 28.1 Å². The molecule has 0 aliphatic heterocycles. The third kappa shape index (κ3) is 3.19. The van der Waals surface area contributed by atoms with Gasteiger partial charge < -0.3 is 10.4 Å². The molecule has 0 aliphatic carbocycles. The zero-order valence-corrected chi connectivity index (χ0v) is 9.89. The van der Waals surface area contributed by atoms with Crippen LogP contribution in [-0.2, 0) is 4.79 Å². The van der Waals surface area contributed by atoms with E-state index in [1.807, 2.05) is 0 Å². The van der Waals surface area contributed by atoms with Crippen LogP contribution in [0, 0.1) is 5.82 Å². The molecule has 0 aromatic heterocycles. The number of halogens is 5. The molecule has 0 saturated heterocycles. The Labute approximate surface area is 106 Å². The highest BCUT2D eigenvalue weighted by molar-refractivity contribution is 9.10. The number of carbonyl (C=O) groups is 2. The second kappa shape index (κ2) is 4.92. The lowest BCUT2D eigenvalue weighted by atomic mass is 10.1. The van der Waals surface area contributed by atoms with Crippen LogP contribution < -0.4 is 5.32 Å². The molecule has 98 valence electrons. The molecule has 1 aromatic rings. The maximum absolute atomic E-state index is 12.9. The number of carboxylic acid groups (broad SMARTS) is 1. The van der Waals surface area contributed by atoms with E-state index < -0.39 is 35.1 Å². The summed E-state index contributed by atoms with van der Waals surface area (Å²) in [5, 5.41) is 10.1. The number of benzene rings is 1. The standard InChI is InChI=1S/C9H4BrF4NO3/c10-5-2-3(11)1-4(7(16)17)6(5)15-8(18)9(12,13)14/h1-2H,(H,15,18)(H,16,17). The zero-order valence-electron chi connectivity index (χ0n) is 8.31. The lowest BCUT2D eigenvalue weighted by Crippen LogP contribution is -2.30. The van der Waals surface area contributed by atoms with Gasteiger partial charge in [0.25, 0.3) is 0 Å². The number of aromatic carboxylic acids is 1. The molecule has 0 heterocycles. The Bertz CT molecular complexity index is 515. The number of alkyl halides is 3. The normalized spacial score (nSPS) is 11.2. The fourth-order valence-electron chi connectivity index (χ4n) is 1.05. The molecule has 2 N–H and O–H groups in total. The van der Waals surface area contributed by atoms with E-state index in [9.17, 15) is 27.2 Å². The fraction of sp³-hybridized carbons (Fsp3) is 0.111. The summed E-state index contributed by atoms with van der Waals surface area (Å²) in [6, 6.07) is 1.23. The van der Waals surface area contributed by atoms with Gasteiger partial charge in [-0.25, -0.2) is 9.18 Å². The molecule has 18 heavy (non-hydrogen) atoms. The predicted molar refractivity (Wildman–Crippen MR) is 55.7 cm³/mol. The van der Waals surface area contributed by atoms with Gasteiger partial charge in [-0.2, -0.15) is 13.2 Å². The third-order valence-electron chi connectivity index (χ3n) is 1.78. The molecule has 0 unspecified atom stereocenters. The zero-order chi connectivity index (χ0) is 14.1. The summed E-state index contributed by atoms with van der Waals surface area (Å²) in [7, 11) is 0. The molecule has 0 radical (unpaired) electrons. The van der Waals surface area contributed by atoms with Crippen LogP contribution >= 0.6 is 15.9 Å². The second-order valence-corrected chi connectivity index (χ2v) is 3.92. The molecule has 1 amide bonds. The van der Waals surface area contributed by atoms with Crippen molar-refractivity contribution in [2.24, 2.45) is 0 Å². The molecule has 0 saturated carbocycles. The number of anilines is 1. The van der Waals surface area contributed by atoms with Gasteiger partial charge in [-0.1, -0.05) is 0 Å². The molecule has 9 heteroatoms. The number of carboxylic acids is 1. The van der Waals surface area contributed by atoms with Crippen molar-refractivity contribution in [2.75, 3.05) is 5.32 Å². The van der Waals surface area contributed by atoms with Crippen molar-refractivity contribution in [3.8, 4) is 0 Å². The average molecular weight is 330 g/mol. The van der Waals surface area contributed by atoms with Gasteiger partial charge in [0.2, 0.25) is 0 Å². The van der Waals surface area contributed by atoms with Crippen LogP contribution in [0.25, 0.3) is 0 Å². The number of rotatable bonds is 2. The Morgan fingerprint density at radius 2 is 1.83 bits per heavy atom. The molecule has 0 aliphatic rings. The lowest BCUT2D eigenvalue weighted by molar-refractivity contribution is -0.167. The van der Waals surface area contributed by atoms with E-state index in [0.717, 1.165) is 6.07 Å². The molecule has 0 spiro atoms. The minimum atomic E-state index is -5.18. The van der Waals surface area contributed by atoms with Crippen molar-refractivity contribution in [1.82, 2.24) is 0 Å². The first-order chi connectivity index (χ1) is 8.12. The smallest absolute Gasteiger partial charge is 0.471 e. The number of hydrogen-bond acceptors (Lipinski definition) is 2. The summed E-state index contributed by atoms with van der Waals surface area (Å²) in [5.41, 5.74) is -1.45. The third-order valence-corrected chi connectivity index (χ3v) is 2.41. The minimum Gasteiger partial charge on any atom is -0.478 e. The van der Waals surface area contributed by atoms with E-state index >= 15 is 0 Å². The van der Waals surface area contributed by atoms with Crippen LogP contribution in [0.5, 0.6) is 0 Å². The topological polar surface area (TPSA) is 66.4 Å². The van der Waals surface area contributed by atoms with Crippen molar-refractivity contribution in [3.63, 3.8) is 0 Å². The summed E-state index contributed by atoms with van der Waals surface area (Å²) in [5.74, 6) is -4.99. The summed E-state index contributed by atoms with van der Waals surface area (Å²) in [6.07, 6.45) is -5.18. The number of carbonyl (C=O) groups excluding carboxylic acids is 1. The summed E-state index contributed by atoms with van der Waals surface area (Å²) >= 11 is 2.68. The maximum atomic E-state index is 12.9. The van der Waals surface area contributed by atoms with Gasteiger partial charge in [0.15, 0.2) is 0 Å². The highest BCUT2D eigenvalue weighted by atomic mass is 79.9. The Balaban J connectivity index is 3.24. The average Bonchev–Trinajstić information content (AvgIpc) is 2.19. The summed E-state index contributed by atoms with van der Waals surface area (Å²) < 4.78 is 48.7. The monoisotopic (exact) mass is 329 g/mol. The van der Waals surface area contributed by atoms with Crippen molar-refractivity contribution >= 4 is 33.5 Å². The minimum absolute atomic E-state index is 0.308.